The van der Waals surface area contributed by atoms with E-state index in [9.17, 15) is 30.8 Å². The predicted molar refractivity (Wildman–Crippen MR) is 295 cm³/mol. The van der Waals surface area contributed by atoms with Gasteiger partial charge in [0.05, 0.1) is 66.7 Å². The van der Waals surface area contributed by atoms with Crippen LogP contribution in [0.4, 0.5) is 11.4 Å². The Balaban J connectivity index is 1.47. The summed E-state index contributed by atoms with van der Waals surface area (Å²) in [5.41, 5.74) is 11.6. The number of fused-ring (bicyclic) bond motifs is 1. The molecule has 8 rings (SSSR count). The summed E-state index contributed by atoms with van der Waals surface area (Å²) in [6.45, 7) is 4.45. The van der Waals surface area contributed by atoms with Crippen molar-refractivity contribution in [1.82, 2.24) is 9.13 Å². The molecular weight excluding hydrogens is 917 g/mol. The summed E-state index contributed by atoms with van der Waals surface area (Å²) in [6, 6.07) is 48.6. The summed E-state index contributed by atoms with van der Waals surface area (Å²) in [4.78, 5) is 23.4. The number of nitrogens with zero attached hydrogens (tertiary/aromatic N) is 6. The maximum Gasteiger partial charge on any atom is 0.269 e. The van der Waals surface area contributed by atoms with Gasteiger partial charge in [-0.3, -0.25) is 20.2 Å². The smallest absolute Gasteiger partial charge is 0.269 e. The van der Waals surface area contributed by atoms with Gasteiger partial charge in [0.25, 0.3) is 11.4 Å². The van der Waals surface area contributed by atoms with Crippen LogP contribution in [-0.2, 0) is 12.8 Å². The van der Waals surface area contributed by atoms with Crippen molar-refractivity contribution in [3.05, 3.63) is 210 Å². The SMILES string of the molecule is CCCCCCCCc1ccc(-n2c(-c3ccc([N+](=O)[O-])cc3)c(C#Cc3ccc(C#N)cc3)c3c2c(C#Cc2ccc(C#N)cc2)c(-c2ccc([N+](=O)[O-])cc2)n3-c2ccc(CCCCCCCC)cc2)cc1. The lowest BCUT2D eigenvalue weighted by atomic mass is 10.0. The first-order valence-corrected chi connectivity index (χ1v) is 25.8. The van der Waals surface area contributed by atoms with Crippen molar-refractivity contribution in [2.24, 2.45) is 0 Å². The van der Waals surface area contributed by atoms with Gasteiger partial charge in [-0.15, -0.1) is 0 Å². The number of rotatable bonds is 20. The van der Waals surface area contributed by atoms with Gasteiger partial charge in [-0.1, -0.05) is 126 Å². The quantitative estimate of drug-likeness (QED) is 0.0322. The molecule has 0 bridgehead atoms. The maximum absolute atomic E-state index is 12.1. The summed E-state index contributed by atoms with van der Waals surface area (Å²) >= 11 is 0. The van der Waals surface area contributed by atoms with Gasteiger partial charge < -0.3 is 9.13 Å². The first-order valence-electron chi connectivity index (χ1n) is 25.8. The number of aromatic nitrogens is 2. The van der Waals surface area contributed by atoms with Gasteiger partial charge >= 0.3 is 0 Å². The van der Waals surface area contributed by atoms with Crippen LogP contribution in [0.15, 0.2) is 146 Å². The van der Waals surface area contributed by atoms with E-state index in [-0.39, 0.29) is 11.4 Å². The fraction of sp³-hybridized carbons (Fsp3) is 0.250. The van der Waals surface area contributed by atoms with Crippen LogP contribution in [0, 0.1) is 66.6 Å². The molecule has 0 aliphatic rings. The van der Waals surface area contributed by atoms with Crippen LogP contribution in [0.1, 0.15) is 135 Å². The monoisotopic (exact) mass is 974 g/mol. The minimum absolute atomic E-state index is 0.0549. The van der Waals surface area contributed by atoms with Crippen molar-refractivity contribution in [2.45, 2.75) is 104 Å². The molecule has 10 nitrogen and oxygen atoms in total. The zero-order valence-electron chi connectivity index (χ0n) is 42.1. The van der Waals surface area contributed by atoms with E-state index in [0.717, 1.165) is 49.9 Å². The van der Waals surface area contributed by atoms with E-state index >= 15 is 0 Å². The van der Waals surface area contributed by atoms with Crippen molar-refractivity contribution in [1.29, 1.82) is 10.5 Å². The third-order valence-electron chi connectivity index (χ3n) is 13.5. The Labute approximate surface area is 433 Å². The molecule has 74 heavy (non-hydrogen) atoms. The lowest BCUT2D eigenvalue weighted by Gasteiger charge is -2.15. The summed E-state index contributed by atoms with van der Waals surface area (Å²) in [5, 5.41) is 43.5. The van der Waals surface area contributed by atoms with Gasteiger partial charge in [-0.2, -0.15) is 10.5 Å². The topological polar surface area (TPSA) is 144 Å². The maximum atomic E-state index is 12.1. The van der Waals surface area contributed by atoms with Crippen LogP contribution in [-0.4, -0.2) is 19.0 Å². The Kier molecular flexibility index (Phi) is 17.3. The Morgan fingerprint density at radius 3 is 1.05 bits per heavy atom. The van der Waals surface area contributed by atoms with E-state index in [2.05, 4.69) is 107 Å². The highest BCUT2D eigenvalue weighted by Crippen LogP contribution is 2.45. The van der Waals surface area contributed by atoms with Gasteiger partial charge in [0.1, 0.15) is 0 Å². The minimum Gasteiger partial charge on any atom is -0.305 e. The molecule has 0 aliphatic heterocycles. The molecule has 0 N–H and O–H groups in total. The fourth-order valence-corrected chi connectivity index (χ4v) is 9.49. The fourth-order valence-electron chi connectivity index (χ4n) is 9.49. The van der Waals surface area contributed by atoms with Gasteiger partial charge in [0, 0.05) is 57.9 Å². The molecule has 0 unspecified atom stereocenters. The molecule has 0 aliphatic carbocycles. The summed E-state index contributed by atoms with van der Waals surface area (Å²) in [5.74, 6) is 14.0. The molecule has 10 heteroatoms. The molecule has 0 atom stereocenters. The van der Waals surface area contributed by atoms with Crippen LogP contribution < -0.4 is 0 Å². The molecule has 0 fully saturated rings. The first kappa shape index (κ1) is 51.4. The van der Waals surface area contributed by atoms with Crippen molar-refractivity contribution >= 4 is 22.4 Å². The Bertz CT molecular complexity index is 3220. The van der Waals surface area contributed by atoms with Crippen LogP contribution in [0.3, 0.4) is 0 Å². The van der Waals surface area contributed by atoms with Crippen LogP contribution >= 0.6 is 0 Å². The third kappa shape index (κ3) is 12.2. The molecular formula is C64H58N6O4. The second-order valence-corrected chi connectivity index (χ2v) is 18.7. The van der Waals surface area contributed by atoms with Crippen molar-refractivity contribution in [2.75, 3.05) is 0 Å². The molecule has 0 saturated carbocycles. The molecule has 0 saturated heterocycles. The molecule has 2 heterocycles. The van der Waals surface area contributed by atoms with E-state index in [1.54, 1.807) is 48.5 Å². The van der Waals surface area contributed by atoms with Crippen LogP contribution in [0.25, 0.3) is 44.9 Å². The summed E-state index contributed by atoms with van der Waals surface area (Å²) in [7, 11) is 0. The highest BCUT2D eigenvalue weighted by atomic mass is 16.6. The molecule has 0 spiro atoms. The zero-order chi connectivity index (χ0) is 51.8. The Hall–Kier alpha value is -8.96. The Morgan fingerprint density at radius 1 is 0.405 bits per heavy atom. The minimum atomic E-state index is -0.412. The number of hydrogen-bond acceptors (Lipinski definition) is 6. The molecule has 8 aromatic rings. The van der Waals surface area contributed by atoms with E-state index < -0.39 is 9.85 Å². The number of nitro groups is 2. The molecule has 368 valence electrons. The highest BCUT2D eigenvalue weighted by Gasteiger charge is 2.30. The van der Waals surface area contributed by atoms with E-state index in [0.29, 0.717) is 66.9 Å². The lowest BCUT2D eigenvalue weighted by Crippen LogP contribution is -2.02. The molecule has 0 amide bonds. The van der Waals surface area contributed by atoms with Crippen molar-refractivity contribution < 1.29 is 9.85 Å². The number of unbranched alkanes of at least 4 members (excludes halogenated alkanes) is 10. The molecule has 0 radical (unpaired) electrons. The summed E-state index contributed by atoms with van der Waals surface area (Å²) < 4.78 is 4.30. The number of nitriles is 2. The van der Waals surface area contributed by atoms with Gasteiger partial charge in [-0.25, -0.2) is 0 Å². The Morgan fingerprint density at radius 2 is 0.730 bits per heavy atom. The number of aryl methyl sites for hydroxylation is 2. The predicted octanol–water partition coefficient (Wildman–Crippen LogP) is 15.9. The average Bonchev–Trinajstić information content (AvgIpc) is 3.94. The van der Waals surface area contributed by atoms with Crippen LogP contribution in [0.2, 0.25) is 0 Å². The second kappa shape index (κ2) is 24.9. The van der Waals surface area contributed by atoms with E-state index in [1.165, 1.54) is 86.8 Å². The summed E-state index contributed by atoms with van der Waals surface area (Å²) in [6.07, 6.45) is 16.1. The average molecular weight is 975 g/mol. The number of hydrogen-bond donors (Lipinski definition) is 0. The van der Waals surface area contributed by atoms with Gasteiger partial charge in [-0.05, 0) is 134 Å². The molecule has 2 aromatic heterocycles. The van der Waals surface area contributed by atoms with Gasteiger partial charge in [0.15, 0.2) is 0 Å². The van der Waals surface area contributed by atoms with E-state index in [1.807, 2.05) is 24.3 Å². The highest BCUT2D eigenvalue weighted by molar-refractivity contribution is 6.04. The van der Waals surface area contributed by atoms with Crippen molar-refractivity contribution in [3.8, 4) is 69.7 Å². The third-order valence-corrected chi connectivity index (χ3v) is 13.5. The molecule has 6 aromatic carbocycles. The normalized spacial score (nSPS) is 10.8. The largest absolute Gasteiger partial charge is 0.305 e. The first-order chi connectivity index (χ1) is 36.2. The van der Waals surface area contributed by atoms with Gasteiger partial charge in [0.2, 0.25) is 0 Å². The standard InChI is InChI=1S/C64H58N6O4/c1-3-5-7-9-11-13-15-47-25-35-55(36-26-47)67-61(53-31-39-57(40-32-53)69(71)72)59(43-29-49-17-21-51(45-65)22-18-49)64-63(67)60(44-30-50-19-23-52(46-66)24-20-50)62(54-33-41-58(42-34-54)70(73)74)68(64)56-37-27-48(28-38-56)16-14-12-10-8-6-4-2/h17-28,31-42H,3-16H2,1-2H3. The van der Waals surface area contributed by atoms with Crippen LogP contribution in [0.5, 0.6) is 0 Å². The zero-order valence-corrected chi connectivity index (χ0v) is 42.1. The van der Waals surface area contributed by atoms with Crippen molar-refractivity contribution in [3.63, 3.8) is 0 Å². The second-order valence-electron chi connectivity index (χ2n) is 18.7. The number of nitro benzene ring substituents is 2. The number of benzene rings is 6. The van der Waals surface area contributed by atoms with E-state index in [4.69, 9.17) is 0 Å². The lowest BCUT2D eigenvalue weighted by molar-refractivity contribution is -0.385. The number of non-ortho nitro benzene ring substituents is 2.